The molecule has 0 N–H and O–H groups in total. The number of aryl methyl sites for hydroxylation is 1. The molecule has 0 aliphatic rings. The van der Waals surface area contributed by atoms with Crippen molar-refractivity contribution in [1.29, 1.82) is 0 Å². The molecule has 0 fully saturated rings. The Morgan fingerprint density at radius 3 is 2.32 bits per heavy atom. The van der Waals surface area contributed by atoms with Gasteiger partial charge in [0, 0.05) is 5.56 Å². The van der Waals surface area contributed by atoms with Gasteiger partial charge < -0.3 is 9.47 Å². The molecule has 2 aromatic rings. The molecule has 22 heavy (non-hydrogen) atoms. The van der Waals surface area contributed by atoms with Crippen LogP contribution in [0.15, 0.2) is 42.5 Å². The number of rotatable bonds is 5. The maximum Gasteiger partial charge on any atom is 0.185 e. The number of allylic oxidation sites excluding steroid dienone is 1. The van der Waals surface area contributed by atoms with Gasteiger partial charge in [0.05, 0.1) is 14.2 Å². The molecule has 0 radical (unpaired) electrons. The number of hydrogen-bond acceptors (Lipinski definition) is 3. The van der Waals surface area contributed by atoms with E-state index in [1.54, 1.807) is 13.2 Å². The zero-order valence-electron chi connectivity index (χ0n) is 12.7. The lowest BCUT2D eigenvalue weighted by atomic mass is 10.1. The van der Waals surface area contributed by atoms with Crippen molar-refractivity contribution >= 4 is 11.9 Å². The lowest BCUT2D eigenvalue weighted by Crippen LogP contribution is -1.97. The van der Waals surface area contributed by atoms with E-state index in [0.29, 0.717) is 0 Å². The molecule has 4 heteroatoms. The molecular weight excluding hydrogens is 283 g/mol. The molecule has 0 unspecified atom stereocenters. The van der Waals surface area contributed by atoms with Crippen molar-refractivity contribution in [3.05, 3.63) is 65.0 Å². The van der Waals surface area contributed by atoms with Crippen LogP contribution in [0.2, 0.25) is 0 Å². The van der Waals surface area contributed by atoms with Crippen molar-refractivity contribution in [3.63, 3.8) is 0 Å². The SMILES string of the molecule is COc1ccc(/C=C/C(=O)c2ccc(OC)c(F)c2)cc1C. The Hall–Kier alpha value is -2.62. The molecule has 0 amide bonds. The van der Waals surface area contributed by atoms with Gasteiger partial charge in [-0.25, -0.2) is 4.39 Å². The van der Waals surface area contributed by atoms with Crippen LogP contribution in [0.4, 0.5) is 4.39 Å². The van der Waals surface area contributed by atoms with Crippen LogP contribution >= 0.6 is 0 Å². The first-order chi connectivity index (χ1) is 10.5. The highest BCUT2D eigenvalue weighted by Crippen LogP contribution is 2.20. The average molecular weight is 300 g/mol. The van der Waals surface area contributed by atoms with Gasteiger partial charge in [0.25, 0.3) is 0 Å². The van der Waals surface area contributed by atoms with Gasteiger partial charge >= 0.3 is 0 Å². The number of methoxy groups -OCH3 is 2. The van der Waals surface area contributed by atoms with Crippen molar-refractivity contribution in [3.8, 4) is 11.5 Å². The van der Waals surface area contributed by atoms with Crippen LogP contribution in [-0.2, 0) is 0 Å². The molecule has 0 spiro atoms. The number of ether oxygens (including phenoxy) is 2. The summed E-state index contributed by atoms with van der Waals surface area (Å²) >= 11 is 0. The summed E-state index contributed by atoms with van der Waals surface area (Å²) in [6, 6.07) is 9.75. The van der Waals surface area contributed by atoms with Crippen LogP contribution in [0, 0.1) is 12.7 Å². The van der Waals surface area contributed by atoms with Gasteiger partial charge in [0.1, 0.15) is 5.75 Å². The van der Waals surface area contributed by atoms with E-state index >= 15 is 0 Å². The molecule has 2 rings (SSSR count). The van der Waals surface area contributed by atoms with Crippen molar-refractivity contribution < 1.29 is 18.7 Å². The molecule has 0 aliphatic heterocycles. The topological polar surface area (TPSA) is 35.5 Å². The lowest BCUT2D eigenvalue weighted by Gasteiger charge is -2.05. The lowest BCUT2D eigenvalue weighted by molar-refractivity contribution is 0.104. The standard InChI is InChI=1S/C18H17FO3/c1-12-10-13(5-8-17(12)21-2)4-7-16(20)14-6-9-18(22-3)15(19)11-14/h4-11H,1-3H3/b7-4+. The fraction of sp³-hybridized carbons (Fsp3) is 0.167. The third-order valence-corrected chi connectivity index (χ3v) is 3.28. The predicted molar refractivity (Wildman–Crippen MR) is 84.0 cm³/mol. The fourth-order valence-electron chi connectivity index (χ4n) is 2.09. The summed E-state index contributed by atoms with van der Waals surface area (Å²) in [5.41, 5.74) is 2.13. The van der Waals surface area contributed by atoms with Crippen molar-refractivity contribution in [2.75, 3.05) is 14.2 Å². The van der Waals surface area contributed by atoms with E-state index in [0.717, 1.165) is 16.9 Å². The molecule has 0 bridgehead atoms. The highest BCUT2D eigenvalue weighted by atomic mass is 19.1. The van der Waals surface area contributed by atoms with E-state index in [-0.39, 0.29) is 17.1 Å². The summed E-state index contributed by atoms with van der Waals surface area (Å²) in [6.07, 6.45) is 3.11. The third-order valence-electron chi connectivity index (χ3n) is 3.28. The largest absolute Gasteiger partial charge is 0.496 e. The maximum absolute atomic E-state index is 13.6. The molecule has 0 aromatic heterocycles. The smallest absolute Gasteiger partial charge is 0.185 e. The quantitative estimate of drug-likeness (QED) is 0.617. The third kappa shape index (κ3) is 3.52. The van der Waals surface area contributed by atoms with Gasteiger partial charge in [0.2, 0.25) is 0 Å². The number of hydrogen-bond donors (Lipinski definition) is 0. The zero-order chi connectivity index (χ0) is 16.1. The highest BCUT2D eigenvalue weighted by Gasteiger charge is 2.07. The van der Waals surface area contributed by atoms with E-state index in [9.17, 15) is 9.18 Å². The minimum atomic E-state index is -0.554. The Bertz CT molecular complexity index is 720. The number of benzene rings is 2. The molecule has 0 saturated heterocycles. The average Bonchev–Trinajstić information content (AvgIpc) is 2.52. The Morgan fingerprint density at radius 2 is 1.73 bits per heavy atom. The second-order valence-corrected chi connectivity index (χ2v) is 4.78. The van der Waals surface area contributed by atoms with Gasteiger partial charge in [-0.1, -0.05) is 12.1 Å². The van der Waals surface area contributed by atoms with Gasteiger partial charge in [-0.05, 0) is 54.5 Å². The summed E-state index contributed by atoms with van der Waals surface area (Å²) < 4.78 is 23.6. The van der Waals surface area contributed by atoms with Gasteiger partial charge in [-0.2, -0.15) is 0 Å². The van der Waals surface area contributed by atoms with Crippen LogP contribution in [0.3, 0.4) is 0 Å². The van der Waals surface area contributed by atoms with Gasteiger partial charge in [-0.3, -0.25) is 4.79 Å². The summed E-state index contributed by atoms with van der Waals surface area (Å²) in [6.45, 7) is 1.93. The van der Waals surface area contributed by atoms with Gasteiger partial charge in [-0.15, -0.1) is 0 Å². The number of halogens is 1. The zero-order valence-corrected chi connectivity index (χ0v) is 12.7. The molecule has 0 aliphatic carbocycles. The Balaban J connectivity index is 2.17. The van der Waals surface area contributed by atoms with Crippen LogP contribution < -0.4 is 9.47 Å². The summed E-state index contributed by atoms with van der Waals surface area (Å²) in [7, 11) is 2.99. The normalized spacial score (nSPS) is 10.7. The van der Waals surface area contributed by atoms with Crippen LogP contribution in [0.5, 0.6) is 11.5 Å². The molecule has 0 saturated carbocycles. The van der Waals surface area contributed by atoms with Crippen molar-refractivity contribution in [2.24, 2.45) is 0 Å². The van der Waals surface area contributed by atoms with Crippen molar-refractivity contribution in [1.82, 2.24) is 0 Å². The van der Waals surface area contributed by atoms with E-state index in [2.05, 4.69) is 0 Å². The predicted octanol–water partition coefficient (Wildman–Crippen LogP) is 4.05. The monoisotopic (exact) mass is 300 g/mol. The summed E-state index contributed by atoms with van der Waals surface area (Å²) in [4.78, 5) is 12.1. The van der Waals surface area contributed by atoms with E-state index in [4.69, 9.17) is 9.47 Å². The van der Waals surface area contributed by atoms with Crippen LogP contribution in [0.25, 0.3) is 6.08 Å². The Labute approximate surface area is 129 Å². The fourth-order valence-corrected chi connectivity index (χ4v) is 2.09. The minimum absolute atomic E-state index is 0.117. The first-order valence-electron chi connectivity index (χ1n) is 6.75. The number of ketones is 1. The van der Waals surface area contributed by atoms with Crippen LogP contribution in [-0.4, -0.2) is 20.0 Å². The second-order valence-electron chi connectivity index (χ2n) is 4.78. The minimum Gasteiger partial charge on any atom is -0.496 e. The molecule has 114 valence electrons. The maximum atomic E-state index is 13.6. The number of carbonyl (C=O) groups is 1. The van der Waals surface area contributed by atoms with E-state index < -0.39 is 5.82 Å². The Morgan fingerprint density at radius 1 is 1.05 bits per heavy atom. The Kier molecular flexibility index (Phi) is 4.94. The first-order valence-corrected chi connectivity index (χ1v) is 6.75. The number of carbonyl (C=O) groups excluding carboxylic acids is 1. The second kappa shape index (κ2) is 6.89. The molecule has 0 atom stereocenters. The molecule has 2 aromatic carbocycles. The van der Waals surface area contributed by atoms with Crippen LogP contribution in [0.1, 0.15) is 21.5 Å². The highest BCUT2D eigenvalue weighted by molar-refractivity contribution is 6.06. The molecular formula is C18H17FO3. The van der Waals surface area contributed by atoms with Crippen molar-refractivity contribution in [2.45, 2.75) is 6.92 Å². The summed E-state index contributed by atoms with van der Waals surface area (Å²) in [5, 5.41) is 0. The first kappa shape index (κ1) is 15.8. The van der Waals surface area contributed by atoms with E-state index in [1.807, 2.05) is 25.1 Å². The molecule has 0 heterocycles. The van der Waals surface area contributed by atoms with Gasteiger partial charge in [0.15, 0.2) is 17.3 Å². The molecule has 3 nitrogen and oxygen atoms in total. The summed E-state index contributed by atoms with van der Waals surface area (Å²) in [5.74, 6) is 0.0871. The van der Waals surface area contributed by atoms with E-state index in [1.165, 1.54) is 31.4 Å².